The van der Waals surface area contributed by atoms with Crippen molar-refractivity contribution >= 4 is 23.2 Å². The van der Waals surface area contributed by atoms with Gasteiger partial charge in [-0.25, -0.2) is 4.98 Å². The number of hydrogen-bond donors (Lipinski definition) is 0. The fourth-order valence-corrected chi connectivity index (χ4v) is 1.92. The van der Waals surface area contributed by atoms with Crippen LogP contribution in [0.15, 0.2) is 36.4 Å². The Morgan fingerprint density at radius 1 is 1.22 bits per heavy atom. The molecule has 0 aliphatic rings. The summed E-state index contributed by atoms with van der Waals surface area (Å²) >= 11 is 11.8. The second-order valence-electron chi connectivity index (χ2n) is 3.85. The highest BCUT2D eigenvalue weighted by Gasteiger charge is 2.04. The number of nitrogens with zero attached hydrogens (tertiary/aromatic N) is 1. The van der Waals surface area contributed by atoms with Crippen LogP contribution in [0.1, 0.15) is 18.2 Å². The van der Waals surface area contributed by atoms with Crippen molar-refractivity contribution in [3.05, 3.63) is 52.7 Å². The first-order valence-electron chi connectivity index (χ1n) is 5.70. The van der Waals surface area contributed by atoms with Crippen LogP contribution in [0.25, 0.3) is 0 Å². The third-order valence-corrected chi connectivity index (χ3v) is 2.99. The van der Waals surface area contributed by atoms with E-state index in [1.54, 1.807) is 12.1 Å². The Bertz CT molecular complexity index is 521. The van der Waals surface area contributed by atoms with Crippen molar-refractivity contribution in [3.63, 3.8) is 0 Å². The third kappa shape index (κ3) is 3.37. The van der Waals surface area contributed by atoms with E-state index in [0.717, 1.165) is 17.7 Å². The molecular weight excluding hydrogens is 269 g/mol. The summed E-state index contributed by atoms with van der Waals surface area (Å²) in [4.78, 5) is 4.40. The summed E-state index contributed by atoms with van der Waals surface area (Å²) in [6.45, 7) is 2.05. The summed E-state index contributed by atoms with van der Waals surface area (Å²) in [7, 11) is 0. The van der Waals surface area contributed by atoms with E-state index >= 15 is 0 Å². The molecule has 2 rings (SSSR count). The van der Waals surface area contributed by atoms with Gasteiger partial charge in [0.05, 0.1) is 0 Å². The van der Waals surface area contributed by atoms with Gasteiger partial charge in [0.2, 0.25) is 5.88 Å². The molecular formula is C14H13Cl2NO. The molecule has 94 valence electrons. The second-order valence-corrected chi connectivity index (χ2v) is 4.56. The van der Waals surface area contributed by atoms with Crippen LogP contribution in [-0.2, 0) is 12.3 Å². The van der Waals surface area contributed by atoms with Crippen LogP contribution >= 0.6 is 23.2 Å². The van der Waals surface area contributed by atoms with Gasteiger partial charge >= 0.3 is 0 Å². The molecule has 2 aromatic rings. The SMILES string of the molecule is CCc1cc(CCl)cc(Oc2cccc(Cl)c2)n1. The van der Waals surface area contributed by atoms with Crippen molar-refractivity contribution in [2.75, 3.05) is 0 Å². The van der Waals surface area contributed by atoms with Crippen LogP contribution in [0.2, 0.25) is 5.02 Å². The molecule has 0 fully saturated rings. The highest BCUT2D eigenvalue weighted by atomic mass is 35.5. The van der Waals surface area contributed by atoms with Crippen molar-refractivity contribution < 1.29 is 4.74 Å². The Hall–Kier alpha value is -1.25. The maximum atomic E-state index is 5.91. The molecule has 0 aliphatic carbocycles. The second kappa shape index (κ2) is 6.07. The van der Waals surface area contributed by atoms with Crippen molar-refractivity contribution in [2.24, 2.45) is 0 Å². The van der Waals surface area contributed by atoms with E-state index in [4.69, 9.17) is 27.9 Å². The van der Waals surface area contributed by atoms with Crippen LogP contribution in [-0.4, -0.2) is 4.98 Å². The number of rotatable bonds is 4. The molecule has 0 unspecified atom stereocenters. The topological polar surface area (TPSA) is 22.1 Å². The first-order chi connectivity index (χ1) is 8.71. The van der Waals surface area contributed by atoms with Gasteiger partial charge in [-0.2, -0.15) is 0 Å². The molecule has 0 amide bonds. The van der Waals surface area contributed by atoms with Gasteiger partial charge in [-0.1, -0.05) is 24.6 Å². The molecule has 0 bridgehead atoms. The van der Waals surface area contributed by atoms with Crippen molar-refractivity contribution in [1.29, 1.82) is 0 Å². The van der Waals surface area contributed by atoms with Crippen LogP contribution in [0.3, 0.4) is 0 Å². The van der Waals surface area contributed by atoms with E-state index in [1.165, 1.54) is 0 Å². The third-order valence-electron chi connectivity index (χ3n) is 2.45. The minimum Gasteiger partial charge on any atom is -0.439 e. The minimum atomic E-state index is 0.446. The van der Waals surface area contributed by atoms with Gasteiger partial charge in [0.15, 0.2) is 0 Å². The summed E-state index contributed by atoms with van der Waals surface area (Å²) < 4.78 is 5.69. The number of halogens is 2. The van der Waals surface area contributed by atoms with Gasteiger partial charge < -0.3 is 4.74 Å². The summed E-state index contributed by atoms with van der Waals surface area (Å²) in [6.07, 6.45) is 0.844. The molecule has 0 aliphatic heterocycles. The lowest BCUT2D eigenvalue weighted by Gasteiger charge is -2.08. The molecule has 0 saturated carbocycles. The van der Waals surface area contributed by atoms with E-state index < -0.39 is 0 Å². The fraction of sp³-hybridized carbons (Fsp3) is 0.214. The van der Waals surface area contributed by atoms with Gasteiger partial charge in [0, 0.05) is 22.7 Å². The van der Waals surface area contributed by atoms with Gasteiger partial charge in [0.25, 0.3) is 0 Å². The summed E-state index contributed by atoms with van der Waals surface area (Å²) in [5.41, 5.74) is 1.96. The van der Waals surface area contributed by atoms with E-state index in [2.05, 4.69) is 4.98 Å². The Morgan fingerprint density at radius 2 is 2.06 bits per heavy atom. The molecule has 0 spiro atoms. The molecule has 2 nitrogen and oxygen atoms in total. The van der Waals surface area contributed by atoms with Gasteiger partial charge in [0.1, 0.15) is 5.75 Å². The zero-order valence-electron chi connectivity index (χ0n) is 9.99. The number of alkyl halides is 1. The van der Waals surface area contributed by atoms with Crippen molar-refractivity contribution in [1.82, 2.24) is 4.98 Å². The molecule has 0 radical (unpaired) electrons. The quantitative estimate of drug-likeness (QED) is 0.749. The highest BCUT2D eigenvalue weighted by Crippen LogP contribution is 2.24. The van der Waals surface area contributed by atoms with E-state index in [1.807, 2.05) is 31.2 Å². The van der Waals surface area contributed by atoms with Crippen LogP contribution in [0.4, 0.5) is 0 Å². The largest absolute Gasteiger partial charge is 0.439 e. The standard InChI is InChI=1S/C14H13Cl2NO/c1-2-12-6-10(9-15)7-14(17-12)18-13-5-3-4-11(16)8-13/h3-8H,2,9H2,1H3. The van der Waals surface area contributed by atoms with Crippen LogP contribution in [0.5, 0.6) is 11.6 Å². The average Bonchev–Trinajstić information content (AvgIpc) is 2.38. The number of hydrogen-bond acceptors (Lipinski definition) is 2. The monoisotopic (exact) mass is 281 g/mol. The van der Waals surface area contributed by atoms with Gasteiger partial charge in [-0.3, -0.25) is 0 Å². The Morgan fingerprint density at radius 3 is 2.72 bits per heavy atom. The van der Waals surface area contributed by atoms with Gasteiger partial charge in [-0.15, -0.1) is 11.6 Å². The zero-order chi connectivity index (χ0) is 13.0. The van der Waals surface area contributed by atoms with Crippen LogP contribution < -0.4 is 4.74 Å². The average molecular weight is 282 g/mol. The first-order valence-corrected chi connectivity index (χ1v) is 6.61. The number of aromatic nitrogens is 1. The molecule has 0 saturated heterocycles. The Kier molecular flexibility index (Phi) is 4.45. The molecule has 4 heteroatoms. The molecule has 1 aromatic heterocycles. The summed E-state index contributed by atoms with van der Waals surface area (Å²) in [5.74, 6) is 1.66. The number of ether oxygens (including phenoxy) is 1. The lowest BCUT2D eigenvalue weighted by Crippen LogP contribution is -1.95. The van der Waals surface area contributed by atoms with E-state index in [0.29, 0.717) is 22.5 Å². The molecule has 18 heavy (non-hydrogen) atoms. The summed E-state index contributed by atoms with van der Waals surface area (Å²) in [6, 6.07) is 11.1. The Labute approximate surface area is 117 Å². The van der Waals surface area contributed by atoms with E-state index in [-0.39, 0.29) is 0 Å². The highest BCUT2D eigenvalue weighted by molar-refractivity contribution is 6.30. The maximum absolute atomic E-state index is 5.91. The van der Waals surface area contributed by atoms with Crippen molar-refractivity contribution in [3.8, 4) is 11.6 Å². The predicted octanol–water partition coefficient (Wildman–Crippen LogP) is 4.83. The lowest BCUT2D eigenvalue weighted by molar-refractivity contribution is 0.460. The molecule has 1 aromatic carbocycles. The lowest BCUT2D eigenvalue weighted by atomic mass is 10.2. The van der Waals surface area contributed by atoms with Crippen molar-refractivity contribution in [2.45, 2.75) is 19.2 Å². The minimum absolute atomic E-state index is 0.446. The fourth-order valence-electron chi connectivity index (χ4n) is 1.58. The molecule has 0 N–H and O–H groups in total. The normalized spacial score (nSPS) is 10.4. The molecule has 0 atom stereocenters. The number of pyridine rings is 1. The van der Waals surface area contributed by atoms with Gasteiger partial charge in [-0.05, 0) is 36.2 Å². The predicted molar refractivity (Wildman–Crippen MR) is 74.7 cm³/mol. The number of benzene rings is 1. The number of aryl methyl sites for hydroxylation is 1. The Balaban J connectivity index is 2.28. The molecule has 1 heterocycles. The smallest absolute Gasteiger partial charge is 0.219 e. The zero-order valence-corrected chi connectivity index (χ0v) is 11.5. The van der Waals surface area contributed by atoms with Crippen LogP contribution in [0, 0.1) is 0 Å². The summed E-state index contributed by atoms with van der Waals surface area (Å²) in [5, 5.41) is 0.636. The first kappa shape index (κ1) is 13.2. The van der Waals surface area contributed by atoms with E-state index in [9.17, 15) is 0 Å². The maximum Gasteiger partial charge on any atom is 0.219 e.